The second-order valence-electron chi connectivity index (χ2n) is 4.46. The summed E-state index contributed by atoms with van der Waals surface area (Å²) in [5.74, 6) is 0.782. The van der Waals surface area contributed by atoms with Crippen molar-refractivity contribution in [2.45, 2.75) is 25.3 Å². The summed E-state index contributed by atoms with van der Waals surface area (Å²) >= 11 is 11.7. The summed E-state index contributed by atoms with van der Waals surface area (Å²) in [6.45, 7) is 3.32. The van der Waals surface area contributed by atoms with Gasteiger partial charge in [0.05, 0.1) is 15.7 Å². The molecule has 1 aromatic heterocycles. The number of sulfonamides is 1. The average Bonchev–Trinajstić information content (AvgIpc) is 2.68. The van der Waals surface area contributed by atoms with Crippen LogP contribution in [-0.2, 0) is 16.6 Å². The van der Waals surface area contributed by atoms with E-state index in [1.165, 1.54) is 18.2 Å². The predicted octanol–water partition coefficient (Wildman–Crippen LogP) is 3.46. The van der Waals surface area contributed by atoms with E-state index in [4.69, 9.17) is 33.4 Å². The van der Waals surface area contributed by atoms with Crippen molar-refractivity contribution >= 4 is 38.9 Å². The van der Waals surface area contributed by atoms with Crippen LogP contribution in [0.4, 0.5) is 5.69 Å². The molecule has 0 aliphatic heterocycles. The molecule has 2 rings (SSSR count). The maximum Gasteiger partial charge on any atom is 0.265 e. The molecule has 0 spiro atoms. The van der Waals surface area contributed by atoms with Gasteiger partial charge in [-0.25, -0.2) is 8.42 Å². The third-order valence-corrected chi connectivity index (χ3v) is 5.28. The first-order valence-corrected chi connectivity index (χ1v) is 8.27. The molecule has 2 aromatic rings. The molecule has 0 bridgehead atoms. The van der Waals surface area contributed by atoms with Gasteiger partial charge in [0.25, 0.3) is 10.0 Å². The lowest BCUT2D eigenvalue weighted by Crippen LogP contribution is -2.16. The Morgan fingerprint density at radius 3 is 2.43 bits per heavy atom. The van der Waals surface area contributed by atoms with Crippen LogP contribution in [0.15, 0.2) is 27.5 Å². The molecule has 0 saturated heterocycles. The molecule has 114 valence electrons. The molecule has 0 aliphatic carbocycles. The van der Waals surface area contributed by atoms with Gasteiger partial charge in [0.2, 0.25) is 0 Å². The summed E-state index contributed by atoms with van der Waals surface area (Å²) in [4.78, 5) is 0.0635. The van der Waals surface area contributed by atoms with Crippen molar-refractivity contribution in [3.63, 3.8) is 0 Å². The van der Waals surface area contributed by atoms with Crippen LogP contribution in [0.1, 0.15) is 17.1 Å². The maximum atomic E-state index is 12.5. The lowest BCUT2D eigenvalue weighted by Gasteiger charge is -2.09. The number of nitrogens with two attached hydrogens (primary N) is 1. The largest absolute Gasteiger partial charge is 0.465 e. The minimum absolute atomic E-state index is 0.0635. The summed E-state index contributed by atoms with van der Waals surface area (Å²) in [5, 5.41) is 0.605. The van der Waals surface area contributed by atoms with E-state index >= 15 is 0 Å². The molecule has 0 atom stereocenters. The van der Waals surface area contributed by atoms with E-state index in [-0.39, 0.29) is 16.5 Å². The van der Waals surface area contributed by atoms with E-state index in [2.05, 4.69) is 4.72 Å². The average molecular weight is 349 g/mol. The van der Waals surface area contributed by atoms with E-state index < -0.39 is 10.0 Å². The van der Waals surface area contributed by atoms with Gasteiger partial charge in [0, 0.05) is 12.1 Å². The standard InChI is InChI=1S/C13H14Cl2N2O3S/c1-7-10(6-16)13(8(2)20-7)21(18,19)17-9-3-4-11(14)12(15)5-9/h3-5,17H,6,16H2,1-2H3. The molecule has 1 aromatic carbocycles. The molecule has 21 heavy (non-hydrogen) atoms. The number of benzene rings is 1. The van der Waals surface area contributed by atoms with Crippen molar-refractivity contribution in [1.82, 2.24) is 0 Å². The van der Waals surface area contributed by atoms with Gasteiger partial charge in [-0.05, 0) is 32.0 Å². The molecule has 1 heterocycles. The van der Waals surface area contributed by atoms with Gasteiger partial charge in [0.15, 0.2) is 0 Å². The highest BCUT2D eigenvalue weighted by atomic mass is 35.5. The Morgan fingerprint density at radius 2 is 1.86 bits per heavy atom. The Kier molecular flexibility index (Phi) is 4.53. The van der Waals surface area contributed by atoms with Crippen LogP contribution >= 0.6 is 23.2 Å². The molecule has 0 radical (unpaired) electrons. The summed E-state index contributed by atoms with van der Waals surface area (Å²) in [5.41, 5.74) is 6.38. The fourth-order valence-electron chi connectivity index (χ4n) is 2.06. The molecule has 0 unspecified atom stereocenters. The highest BCUT2D eigenvalue weighted by Crippen LogP contribution is 2.30. The summed E-state index contributed by atoms with van der Waals surface area (Å²) in [6, 6.07) is 4.47. The number of halogens is 2. The maximum absolute atomic E-state index is 12.5. The van der Waals surface area contributed by atoms with Crippen molar-refractivity contribution in [3.05, 3.63) is 45.3 Å². The van der Waals surface area contributed by atoms with E-state index in [9.17, 15) is 8.42 Å². The smallest absolute Gasteiger partial charge is 0.265 e. The fraction of sp³-hybridized carbons (Fsp3) is 0.231. The minimum atomic E-state index is -3.82. The number of aryl methyl sites for hydroxylation is 2. The van der Waals surface area contributed by atoms with Gasteiger partial charge in [-0.15, -0.1) is 0 Å². The van der Waals surface area contributed by atoms with Crippen molar-refractivity contribution in [3.8, 4) is 0 Å². The quantitative estimate of drug-likeness (QED) is 0.885. The zero-order valence-corrected chi connectivity index (χ0v) is 13.7. The van der Waals surface area contributed by atoms with Gasteiger partial charge in [-0.2, -0.15) is 0 Å². The SMILES string of the molecule is Cc1oc(C)c(S(=O)(=O)Nc2ccc(Cl)c(Cl)c2)c1CN. The lowest BCUT2D eigenvalue weighted by atomic mass is 10.2. The molecule has 8 heteroatoms. The second-order valence-corrected chi connectivity index (χ2v) is 6.89. The summed E-state index contributed by atoms with van der Waals surface area (Å²) in [7, 11) is -3.82. The van der Waals surface area contributed by atoms with Crippen molar-refractivity contribution in [1.29, 1.82) is 0 Å². The molecular weight excluding hydrogens is 335 g/mol. The van der Waals surface area contributed by atoms with Crippen LogP contribution in [0, 0.1) is 13.8 Å². The number of hydrogen-bond acceptors (Lipinski definition) is 4. The number of hydrogen-bond donors (Lipinski definition) is 2. The van der Waals surface area contributed by atoms with Crippen LogP contribution in [0.2, 0.25) is 10.0 Å². The van der Waals surface area contributed by atoms with Crippen LogP contribution in [-0.4, -0.2) is 8.42 Å². The van der Waals surface area contributed by atoms with Crippen molar-refractivity contribution in [2.75, 3.05) is 4.72 Å². The third kappa shape index (κ3) is 3.18. The third-order valence-electron chi connectivity index (χ3n) is 2.97. The predicted molar refractivity (Wildman–Crippen MR) is 83.3 cm³/mol. The van der Waals surface area contributed by atoms with E-state index in [1.807, 2.05) is 0 Å². The number of nitrogens with one attached hydrogen (secondary N) is 1. The van der Waals surface area contributed by atoms with Gasteiger partial charge in [0.1, 0.15) is 16.4 Å². The zero-order chi connectivity index (χ0) is 15.8. The van der Waals surface area contributed by atoms with Crippen LogP contribution in [0.25, 0.3) is 0 Å². The Morgan fingerprint density at radius 1 is 1.19 bits per heavy atom. The van der Waals surface area contributed by atoms with Gasteiger partial charge < -0.3 is 10.2 Å². The first-order chi connectivity index (χ1) is 9.76. The topological polar surface area (TPSA) is 85.3 Å². The first-order valence-electron chi connectivity index (χ1n) is 6.03. The summed E-state index contributed by atoms with van der Waals surface area (Å²) in [6.07, 6.45) is 0. The van der Waals surface area contributed by atoms with Crippen LogP contribution in [0.3, 0.4) is 0 Å². The number of furan rings is 1. The Balaban J connectivity index is 2.45. The highest BCUT2D eigenvalue weighted by Gasteiger charge is 2.26. The van der Waals surface area contributed by atoms with Crippen molar-refractivity contribution < 1.29 is 12.8 Å². The highest BCUT2D eigenvalue weighted by molar-refractivity contribution is 7.92. The first kappa shape index (κ1) is 16.2. The molecule has 0 aliphatic rings. The van der Waals surface area contributed by atoms with Gasteiger partial charge >= 0.3 is 0 Å². The number of rotatable bonds is 4. The molecule has 0 saturated carbocycles. The Hall–Kier alpha value is -1.21. The number of anilines is 1. The fourth-order valence-corrected chi connectivity index (χ4v) is 3.87. The molecular formula is C13H14Cl2N2O3S. The Bertz CT molecular complexity index is 785. The minimum Gasteiger partial charge on any atom is -0.465 e. The van der Waals surface area contributed by atoms with Crippen molar-refractivity contribution in [2.24, 2.45) is 5.73 Å². The van der Waals surface area contributed by atoms with Gasteiger partial charge in [-0.3, -0.25) is 4.72 Å². The van der Waals surface area contributed by atoms with Crippen LogP contribution < -0.4 is 10.5 Å². The summed E-state index contributed by atoms with van der Waals surface area (Å²) < 4.78 is 32.8. The normalized spacial score (nSPS) is 11.7. The molecule has 0 amide bonds. The molecule has 5 nitrogen and oxygen atoms in total. The molecule has 3 N–H and O–H groups in total. The Labute approximate surface area is 133 Å². The second kappa shape index (κ2) is 5.88. The van der Waals surface area contributed by atoms with Gasteiger partial charge in [-0.1, -0.05) is 23.2 Å². The van der Waals surface area contributed by atoms with E-state index in [1.54, 1.807) is 13.8 Å². The van der Waals surface area contributed by atoms with E-state index in [0.717, 1.165) is 0 Å². The lowest BCUT2D eigenvalue weighted by molar-refractivity contribution is 0.494. The van der Waals surface area contributed by atoms with E-state index in [0.29, 0.717) is 27.8 Å². The monoisotopic (exact) mass is 348 g/mol. The van der Waals surface area contributed by atoms with Crippen LogP contribution in [0.5, 0.6) is 0 Å². The molecule has 0 fully saturated rings. The zero-order valence-electron chi connectivity index (χ0n) is 11.4.